The fourth-order valence-electron chi connectivity index (χ4n) is 1.68. The van der Waals surface area contributed by atoms with Crippen molar-refractivity contribution in [1.29, 1.82) is 0 Å². The van der Waals surface area contributed by atoms with Crippen molar-refractivity contribution in [3.05, 3.63) is 29.6 Å². The summed E-state index contributed by atoms with van der Waals surface area (Å²) in [4.78, 5) is 2.09. The summed E-state index contributed by atoms with van der Waals surface area (Å²) in [7, 11) is 4.08. The largest absolute Gasteiger partial charge is 0.378 e. The standard InChI is InChI=1S/C12H15N3/c1-8-11-6-5-10(15(3)4)7-12(11)9(2)14-13-8/h5-7H,1-4H3. The third-order valence-corrected chi connectivity index (χ3v) is 2.65. The summed E-state index contributed by atoms with van der Waals surface area (Å²) in [6, 6.07) is 6.38. The second-order valence-corrected chi connectivity index (χ2v) is 4.00. The van der Waals surface area contributed by atoms with Gasteiger partial charge in [0.15, 0.2) is 0 Å². The molecule has 0 aliphatic heterocycles. The molecule has 0 aliphatic rings. The minimum atomic E-state index is 0.985. The van der Waals surface area contributed by atoms with Gasteiger partial charge in [-0.3, -0.25) is 0 Å². The number of rotatable bonds is 1. The number of nitrogens with zero attached hydrogens (tertiary/aromatic N) is 3. The Morgan fingerprint density at radius 1 is 0.933 bits per heavy atom. The number of hydrogen-bond acceptors (Lipinski definition) is 3. The average Bonchev–Trinajstić information content (AvgIpc) is 2.23. The van der Waals surface area contributed by atoms with Gasteiger partial charge >= 0.3 is 0 Å². The van der Waals surface area contributed by atoms with E-state index in [2.05, 4.69) is 33.3 Å². The molecular weight excluding hydrogens is 186 g/mol. The van der Waals surface area contributed by atoms with Crippen LogP contribution < -0.4 is 4.90 Å². The summed E-state index contributed by atoms with van der Waals surface area (Å²) in [5.41, 5.74) is 3.17. The number of fused-ring (bicyclic) bond motifs is 1. The van der Waals surface area contributed by atoms with Gasteiger partial charge in [-0.15, -0.1) is 0 Å². The van der Waals surface area contributed by atoms with Gasteiger partial charge in [0.2, 0.25) is 0 Å². The maximum Gasteiger partial charge on any atom is 0.0679 e. The molecule has 1 aromatic carbocycles. The molecule has 1 aromatic heterocycles. The van der Waals surface area contributed by atoms with Gasteiger partial charge in [-0.25, -0.2) is 0 Å². The Labute approximate surface area is 89.7 Å². The van der Waals surface area contributed by atoms with E-state index < -0.39 is 0 Å². The molecule has 0 atom stereocenters. The highest BCUT2D eigenvalue weighted by molar-refractivity contribution is 5.89. The first kappa shape index (κ1) is 9.90. The van der Waals surface area contributed by atoms with Gasteiger partial charge in [0, 0.05) is 30.6 Å². The summed E-state index contributed by atoms with van der Waals surface area (Å²) in [6.45, 7) is 3.98. The van der Waals surface area contributed by atoms with Crippen LogP contribution in [0.5, 0.6) is 0 Å². The molecule has 0 amide bonds. The highest BCUT2D eigenvalue weighted by atomic mass is 15.1. The Morgan fingerprint density at radius 3 is 2.13 bits per heavy atom. The Hall–Kier alpha value is -1.64. The summed E-state index contributed by atoms with van der Waals surface area (Å²) in [5, 5.41) is 10.6. The molecule has 78 valence electrons. The van der Waals surface area contributed by atoms with E-state index in [1.807, 2.05) is 27.9 Å². The molecule has 0 saturated heterocycles. The maximum atomic E-state index is 4.14. The van der Waals surface area contributed by atoms with Gasteiger partial charge in [0.25, 0.3) is 0 Å². The normalized spacial score (nSPS) is 10.7. The van der Waals surface area contributed by atoms with Crippen molar-refractivity contribution in [3.8, 4) is 0 Å². The Bertz CT molecular complexity index is 503. The first-order valence-electron chi connectivity index (χ1n) is 5.00. The zero-order valence-corrected chi connectivity index (χ0v) is 9.57. The summed E-state index contributed by atoms with van der Waals surface area (Å²) in [5.74, 6) is 0. The first-order valence-corrected chi connectivity index (χ1v) is 5.00. The van der Waals surface area contributed by atoms with Gasteiger partial charge in [-0.2, -0.15) is 10.2 Å². The van der Waals surface area contributed by atoms with Crippen LogP contribution in [-0.2, 0) is 0 Å². The van der Waals surface area contributed by atoms with E-state index in [0.29, 0.717) is 0 Å². The topological polar surface area (TPSA) is 29.0 Å². The lowest BCUT2D eigenvalue weighted by atomic mass is 10.1. The molecule has 1 heterocycles. The molecule has 0 spiro atoms. The molecular formula is C12H15N3. The van der Waals surface area contributed by atoms with Gasteiger partial charge in [0.1, 0.15) is 0 Å². The molecule has 0 saturated carbocycles. The third kappa shape index (κ3) is 1.65. The van der Waals surface area contributed by atoms with Gasteiger partial charge in [-0.05, 0) is 26.0 Å². The van der Waals surface area contributed by atoms with Crippen LogP contribution in [0.3, 0.4) is 0 Å². The molecule has 0 fully saturated rings. The minimum absolute atomic E-state index is 0.985. The van der Waals surface area contributed by atoms with Crippen LogP contribution in [-0.4, -0.2) is 24.3 Å². The van der Waals surface area contributed by atoms with Crippen LogP contribution >= 0.6 is 0 Å². The highest BCUT2D eigenvalue weighted by Gasteiger charge is 2.04. The van der Waals surface area contributed by atoms with Crippen LogP contribution in [0.4, 0.5) is 5.69 Å². The summed E-state index contributed by atoms with van der Waals surface area (Å²) < 4.78 is 0. The van der Waals surface area contributed by atoms with E-state index in [1.54, 1.807) is 0 Å². The molecule has 3 heteroatoms. The lowest BCUT2D eigenvalue weighted by Gasteiger charge is -2.13. The number of anilines is 1. The van der Waals surface area contributed by atoms with Crippen molar-refractivity contribution in [1.82, 2.24) is 10.2 Å². The molecule has 0 radical (unpaired) electrons. The van der Waals surface area contributed by atoms with Gasteiger partial charge in [-0.1, -0.05) is 6.07 Å². The predicted octanol–water partition coefficient (Wildman–Crippen LogP) is 2.31. The van der Waals surface area contributed by atoms with E-state index in [4.69, 9.17) is 0 Å². The van der Waals surface area contributed by atoms with Crippen LogP contribution in [0, 0.1) is 13.8 Å². The van der Waals surface area contributed by atoms with Crippen LogP contribution in [0.15, 0.2) is 18.2 Å². The highest BCUT2D eigenvalue weighted by Crippen LogP contribution is 2.23. The molecule has 0 unspecified atom stereocenters. The molecule has 2 rings (SSSR count). The number of aromatic nitrogens is 2. The van der Waals surface area contributed by atoms with Crippen LogP contribution in [0.1, 0.15) is 11.4 Å². The molecule has 0 aliphatic carbocycles. The third-order valence-electron chi connectivity index (χ3n) is 2.65. The van der Waals surface area contributed by atoms with Crippen molar-refractivity contribution in [2.75, 3.05) is 19.0 Å². The Kier molecular flexibility index (Phi) is 2.31. The van der Waals surface area contributed by atoms with Crippen LogP contribution in [0.2, 0.25) is 0 Å². The second-order valence-electron chi connectivity index (χ2n) is 4.00. The smallest absolute Gasteiger partial charge is 0.0679 e. The lowest BCUT2D eigenvalue weighted by Crippen LogP contribution is -2.08. The van der Waals surface area contributed by atoms with Crippen molar-refractivity contribution >= 4 is 16.5 Å². The monoisotopic (exact) mass is 201 g/mol. The van der Waals surface area contributed by atoms with Crippen molar-refractivity contribution in [2.24, 2.45) is 0 Å². The van der Waals surface area contributed by atoms with E-state index in [-0.39, 0.29) is 0 Å². The SMILES string of the molecule is Cc1nnc(C)c2cc(N(C)C)ccc12. The zero-order chi connectivity index (χ0) is 11.0. The predicted molar refractivity (Wildman–Crippen MR) is 63.3 cm³/mol. The van der Waals surface area contributed by atoms with Gasteiger partial charge in [0.05, 0.1) is 11.4 Å². The van der Waals surface area contributed by atoms with E-state index >= 15 is 0 Å². The number of aryl methyl sites for hydroxylation is 2. The van der Waals surface area contributed by atoms with Crippen molar-refractivity contribution < 1.29 is 0 Å². The molecule has 2 aromatic rings. The minimum Gasteiger partial charge on any atom is -0.378 e. The van der Waals surface area contributed by atoms with E-state index in [1.165, 1.54) is 16.5 Å². The fourth-order valence-corrected chi connectivity index (χ4v) is 1.68. The van der Waals surface area contributed by atoms with Crippen molar-refractivity contribution in [3.63, 3.8) is 0 Å². The number of hydrogen-bond donors (Lipinski definition) is 0. The lowest BCUT2D eigenvalue weighted by molar-refractivity contribution is 0.964. The average molecular weight is 201 g/mol. The van der Waals surface area contributed by atoms with Crippen molar-refractivity contribution in [2.45, 2.75) is 13.8 Å². The number of benzene rings is 1. The molecule has 0 bridgehead atoms. The molecule has 3 nitrogen and oxygen atoms in total. The summed E-state index contributed by atoms with van der Waals surface area (Å²) >= 11 is 0. The van der Waals surface area contributed by atoms with Gasteiger partial charge < -0.3 is 4.90 Å². The molecule has 0 N–H and O–H groups in total. The summed E-state index contributed by atoms with van der Waals surface area (Å²) in [6.07, 6.45) is 0. The van der Waals surface area contributed by atoms with E-state index in [9.17, 15) is 0 Å². The first-order chi connectivity index (χ1) is 7.09. The fraction of sp³-hybridized carbons (Fsp3) is 0.333. The maximum absolute atomic E-state index is 4.14. The molecule has 15 heavy (non-hydrogen) atoms. The van der Waals surface area contributed by atoms with E-state index in [0.717, 1.165) is 11.4 Å². The quantitative estimate of drug-likeness (QED) is 0.709. The Balaban J connectivity index is 2.76. The van der Waals surface area contributed by atoms with Crippen LogP contribution in [0.25, 0.3) is 10.8 Å². The second kappa shape index (κ2) is 3.50. The Morgan fingerprint density at radius 2 is 1.53 bits per heavy atom. The zero-order valence-electron chi connectivity index (χ0n) is 9.57.